The molecule has 16 heavy (non-hydrogen) atoms. The molecule has 0 aromatic rings. The number of carbonyl (C=O) groups excluding carboxylic acids is 1. The number of carbonyl (C=O) groups is 1. The predicted molar refractivity (Wildman–Crippen MR) is 66.2 cm³/mol. The molecule has 0 aromatic carbocycles. The third kappa shape index (κ3) is 3.99. The Morgan fingerprint density at radius 2 is 2.12 bits per heavy atom. The molecule has 0 fully saturated rings. The zero-order valence-corrected chi connectivity index (χ0v) is 11.1. The van der Waals surface area contributed by atoms with Crippen molar-refractivity contribution in [1.82, 2.24) is 0 Å². The van der Waals surface area contributed by atoms with Crippen LogP contribution < -0.4 is 0 Å². The second-order valence-electron chi connectivity index (χ2n) is 5.65. The molecular weight excluding hydrogens is 200 g/mol. The maximum atomic E-state index is 11.0. The summed E-state index contributed by atoms with van der Waals surface area (Å²) in [4.78, 5) is 11.0. The number of allylic oxidation sites excluding steroid dienone is 2. The lowest BCUT2D eigenvalue weighted by Gasteiger charge is -2.32. The first-order valence-corrected chi connectivity index (χ1v) is 6.19. The van der Waals surface area contributed by atoms with Crippen LogP contribution in [0.2, 0.25) is 0 Å². The highest BCUT2D eigenvalue weighted by molar-refractivity contribution is 5.69. The fraction of sp³-hybridized carbons (Fsp3) is 0.786. The lowest BCUT2D eigenvalue weighted by Crippen LogP contribution is -2.17. The van der Waals surface area contributed by atoms with E-state index in [0.29, 0.717) is 11.8 Å². The molecule has 2 nitrogen and oxygen atoms in total. The third-order valence-electron chi connectivity index (χ3n) is 3.54. The Bertz CT molecular complexity index is 287. The van der Waals surface area contributed by atoms with Gasteiger partial charge in [0, 0.05) is 6.42 Å². The SMILES string of the molecule is COC(=O)CCCC1=C(C)CC(C)(C)CC1. The number of hydrogen-bond donors (Lipinski definition) is 0. The van der Waals surface area contributed by atoms with Crippen molar-refractivity contribution in [2.75, 3.05) is 7.11 Å². The summed E-state index contributed by atoms with van der Waals surface area (Å²) in [7, 11) is 1.45. The van der Waals surface area contributed by atoms with Gasteiger partial charge in [-0.15, -0.1) is 0 Å². The summed E-state index contributed by atoms with van der Waals surface area (Å²) in [6.45, 7) is 6.91. The van der Waals surface area contributed by atoms with E-state index in [1.54, 1.807) is 11.1 Å². The average Bonchev–Trinajstić information content (AvgIpc) is 2.20. The first-order valence-electron chi connectivity index (χ1n) is 6.19. The van der Waals surface area contributed by atoms with Gasteiger partial charge in [-0.25, -0.2) is 0 Å². The Labute approximate surface area is 99.1 Å². The summed E-state index contributed by atoms with van der Waals surface area (Å²) in [6, 6.07) is 0. The minimum absolute atomic E-state index is 0.0885. The molecule has 0 N–H and O–H groups in total. The number of esters is 1. The first-order chi connectivity index (χ1) is 7.44. The molecule has 0 aliphatic heterocycles. The van der Waals surface area contributed by atoms with E-state index in [1.807, 2.05) is 0 Å². The van der Waals surface area contributed by atoms with Crippen LogP contribution in [0, 0.1) is 5.41 Å². The Hall–Kier alpha value is -0.790. The Morgan fingerprint density at radius 1 is 1.44 bits per heavy atom. The van der Waals surface area contributed by atoms with Crippen molar-refractivity contribution < 1.29 is 9.53 Å². The van der Waals surface area contributed by atoms with Gasteiger partial charge in [0.05, 0.1) is 7.11 Å². The fourth-order valence-corrected chi connectivity index (χ4v) is 2.52. The largest absolute Gasteiger partial charge is 0.469 e. The van der Waals surface area contributed by atoms with Crippen LogP contribution in [0.25, 0.3) is 0 Å². The molecule has 1 aliphatic rings. The number of hydrogen-bond acceptors (Lipinski definition) is 2. The molecule has 0 radical (unpaired) electrons. The van der Waals surface area contributed by atoms with Gasteiger partial charge in [0.1, 0.15) is 0 Å². The van der Waals surface area contributed by atoms with Crippen LogP contribution in [0.5, 0.6) is 0 Å². The van der Waals surface area contributed by atoms with Crippen LogP contribution in [0.15, 0.2) is 11.1 Å². The molecule has 0 saturated carbocycles. The van der Waals surface area contributed by atoms with E-state index in [0.717, 1.165) is 12.8 Å². The molecule has 0 atom stereocenters. The smallest absolute Gasteiger partial charge is 0.305 e. The zero-order chi connectivity index (χ0) is 12.2. The molecule has 0 aromatic heterocycles. The van der Waals surface area contributed by atoms with E-state index < -0.39 is 0 Å². The van der Waals surface area contributed by atoms with Gasteiger partial charge >= 0.3 is 5.97 Å². The van der Waals surface area contributed by atoms with Gasteiger partial charge in [-0.05, 0) is 44.4 Å². The molecule has 0 heterocycles. The lowest BCUT2D eigenvalue weighted by atomic mass is 9.74. The van der Waals surface area contributed by atoms with Gasteiger partial charge in [0.25, 0.3) is 0 Å². The second-order valence-corrected chi connectivity index (χ2v) is 5.65. The molecule has 2 heteroatoms. The minimum atomic E-state index is -0.0885. The highest BCUT2D eigenvalue weighted by atomic mass is 16.5. The van der Waals surface area contributed by atoms with Crippen molar-refractivity contribution >= 4 is 5.97 Å². The molecule has 0 saturated heterocycles. The third-order valence-corrected chi connectivity index (χ3v) is 3.54. The van der Waals surface area contributed by atoms with E-state index in [1.165, 1.54) is 26.4 Å². The number of ether oxygens (including phenoxy) is 1. The summed E-state index contributed by atoms with van der Waals surface area (Å²) in [5.41, 5.74) is 3.58. The van der Waals surface area contributed by atoms with Gasteiger partial charge in [0.15, 0.2) is 0 Å². The Kier molecular flexibility index (Phi) is 4.57. The molecule has 1 rings (SSSR count). The van der Waals surface area contributed by atoms with Crippen molar-refractivity contribution in [2.45, 2.75) is 59.3 Å². The lowest BCUT2D eigenvalue weighted by molar-refractivity contribution is -0.140. The van der Waals surface area contributed by atoms with Crippen LogP contribution in [0.1, 0.15) is 59.3 Å². The average molecular weight is 224 g/mol. The van der Waals surface area contributed by atoms with Crippen molar-refractivity contribution in [1.29, 1.82) is 0 Å². The highest BCUT2D eigenvalue weighted by Gasteiger charge is 2.24. The zero-order valence-electron chi connectivity index (χ0n) is 11.1. The molecule has 1 aliphatic carbocycles. The van der Waals surface area contributed by atoms with E-state index >= 15 is 0 Å². The highest BCUT2D eigenvalue weighted by Crippen LogP contribution is 2.39. The van der Waals surface area contributed by atoms with Gasteiger partial charge in [-0.1, -0.05) is 25.0 Å². The topological polar surface area (TPSA) is 26.3 Å². The monoisotopic (exact) mass is 224 g/mol. The summed E-state index contributed by atoms with van der Waals surface area (Å²) in [5.74, 6) is -0.0885. The quantitative estimate of drug-likeness (QED) is 0.535. The van der Waals surface area contributed by atoms with Crippen molar-refractivity contribution in [3.8, 4) is 0 Å². The van der Waals surface area contributed by atoms with Crippen molar-refractivity contribution in [3.63, 3.8) is 0 Å². The minimum Gasteiger partial charge on any atom is -0.469 e. The van der Waals surface area contributed by atoms with Crippen LogP contribution in [-0.2, 0) is 9.53 Å². The van der Waals surface area contributed by atoms with Gasteiger partial charge in [-0.2, -0.15) is 0 Å². The van der Waals surface area contributed by atoms with E-state index in [-0.39, 0.29) is 5.97 Å². The van der Waals surface area contributed by atoms with E-state index in [9.17, 15) is 4.79 Å². The molecule has 0 unspecified atom stereocenters. The predicted octanol–water partition coefficient (Wildman–Crippen LogP) is 3.86. The first kappa shape index (κ1) is 13.3. The van der Waals surface area contributed by atoms with Crippen molar-refractivity contribution in [3.05, 3.63) is 11.1 Å². The van der Waals surface area contributed by atoms with Gasteiger partial charge in [-0.3, -0.25) is 4.79 Å². The number of rotatable bonds is 4. The van der Waals surface area contributed by atoms with Crippen molar-refractivity contribution in [2.24, 2.45) is 5.41 Å². The van der Waals surface area contributed by atoms with Crippen LogP contribution in [0.4, 0.5) is 0 Å². The van der Waals surface area contributed by atoms with Crippen LogP contribution in [-0.4, -0.2) is 13.1 Å². The Morgan fingerprint density at radius 3 is 2.69 bits per heavy atom. The van der Waals surface area contributed by atoms with Crippen LogP contribution in [0.3, 0.4) is 0 Å². The Balaban J connectivity index is 2.40. The fourth-order valence-electron chi connectivity index (χ4n) is 2.52. The molecule has 0 bridgehead atoms. The molecule has 0 amide bonds. The van der Waals surface area contributed by atoms with Gasteiger partial charge in [0.2, 0.25) is 0 Å². The molecule has 92 valence electrons. The summed E-state index contributed by atoms with van der Waals surface area (Å²) < 4.78 is 4.64. The normalized spacial score (nSPS) is 19.8. The maximum Gasteiger partial charge on any atom is 0.305 e. The van der Waals surface area contributed by atoms with Crippen LogP contribution >= 0.6 is 0 Å². The molecular formula is C14H24O2. The standard InChI is InChI=1S/C14H24O2/c1-11-10-14(2,3)9-8-12(11)6-5-7-13(15)16-4/h5-10H2,1-4H3. The summed E-state index contributed by atoms with van der Waals surface area (Å²) in [5, 5.41) is 0. The van der Waals surface area contributed by atoms with E-state index in [2.05, 4.69) is 25.5 Å². The summed E-state index contributed by atoms with van der Waals surface area (Å²) >= 11 is 0. The second kappa shape index (κ2) is 5.51. The van der Waals surface area contributed by atoms with E-state index in [4.69, 9.17) is 0 Å². The summed E-state index contributed by atoms with van der Waals surface area (Å²) in [6.07, 6.45) is 6.24. The van der Waals surface area contributed by atoms with Gasteiger partial charge < -0.3 is 4.74 Å². The number of methoxy groups -OCH3 is 1. The molecule has 0 spiro atoms. The maximum absolute atomic E-state index is 11.0.